The summed E-state index contributed by atoms with van der Waals surface area (Å²) in [5.41, 5.74) is 1.80. The zero-order valence-corrected chi connectivity index (χ0v) is 11.4. The van der Waals surface area contributed by atoms with E-state index in [2.05, 4.69) is 5.32 Å². The van der Waals surface area contributed by atoms with Crippen molar-refractivity contribution in [2.45, 2.75) is 27.0 Å². The van der Waals surface area contributed by atoms with E-state index in [9.17, 15) is 4.39 Å². The van der Waals surface area contributed by atoms with Crippen molar-refractivity contribution < 1.29 is 13.5 Å². The van der Waals surface area contributed by atoms with Crippen LogP contribution in [0.25, 0.3) is 0 Å². The van der Waals surface area contributed by atoms with Gasteiger partial charge < -0.3 is 14.5 Å². The molecule has 0 bridgehead atoms. The predicted molar refractivity (Wildman–Crippen MR) is 71.7 cm³/mol. The van der Waals surface area contributed by atoms with Crippen LogP contribution < -0.4 is 10.1 Å². The van der Waals surface area contributed by atoms with Crippen LogP contribution in [-0.2, 0) is 13.2 Å². The third-order valence-electron chi connectivity index (χ3n) is 2.94. The number of nitrogens with one attached hydrogen (secondary N) is 1. The topological polar surface area (TPSA) is 34.4 Å². The molecule has 0 aliphatic heterocycles. The van der Waals surface area contributed by atoms with Crippen molar-refractivity contribution in [2.75, 3.05) is 7.05 Å². The summed E-state index contributed by atoms with van der Waals surface area (Å²) in [5.74, 6) is 2.18. The van der Waals surface area contributed by atoms with Gasteiger partial charge in [0, 0.05) is 5.56 Å². The maximum Gasteiger partial charge on any atom is 0.123 e. The minimum atomic E-state index is -0.249. The van der Waals surface area contributed by atoms with E-state index in [1.807, 2.05) is 27.0 Å². The van der Waals surface area contributed by atoms with E-state index in [0.717, 1.165) is 22.6 Å². The molecule has 0 amide bonds. The molecular weight excluding hydrogens is 245 g/mol. The Bertz CT molecular complexity index is 563. The minimum Gasteiger partial charge on any atom is -0.489 e. The number of rotatable bonds is 5. The molecule has 0 aliphatic rings. The van der Waals surface area contributed by atoms with Gasteiger partial charge in [-0.1, -0.05) is 0 Å². The summed E-state index contributed by atoms with van der Waals surface area (Å²) in [7, 11) is 1.87. The molecule has 3 nitrogen and oxygen atoms in total. The summed E-state index contributed by atoms with van der Waals surface area (Å²) in [5, 5.41) is 3.04. The van der Waals surface area contributed by atoms with Gasteiger partial charge in [0.15, 0.2) is 0 Å². The van der Waals surface area contributed by atoms with Gasteiger partial charge in [-0.05, 0) is 50.7 Å². The lowest BCUT2D eigenvalue weighted by Gasteiger charge is -2.08. The lowest BCUT2D eigenvalue weighted by atomic mass is 10.2. The second-order valence-electron chi connectivity index (χ2n) is 4.52. The molecule has 0 saturated carbocycles. The third-order valence-corrected chi connectivity index (χ3v) is 2.94. The molecule has 102 valence electrons. The highest BCUT2D eigenvalue weighted by atomic mass is 19.1. The number of hydrogen-bond acceptors (Lipinski definition) is 3. The van der Waals surface area contributed by atoms with Gasteiger partial charge in [-0.25, -0.2) is 4.39 Å². The molecule has 4 heteroatoms. The third kappa shape index (κ3) is 3.35. The van der Waals surface area contributed by atoms with Crippen LogP contribution in [0.4, 0.5) is 4.39 Å². The van der Waals surface area contributed by atoms with Gasteiger partial charge in [-0.3, -0.25) is 0 Å². The standard InChI is InChI=1S/C15H18FNO2/c1-10-6-13(16)4-5-15(10)18-9-12-7-14(8-17-3)19-11(12)2/h4-7,17H,8-9H2,1-3H3. The highest BCUT2D eigenvalue weighted by Crippen LogP contribution is 2.21. The summed E-state index contributed by atoms with van der Waals surface area (Å²) in [6, 6.07) is 6.49. The second kappa shape index (κ2) is 5.89. The average molecular weight is 263 g/mol. The Morgan fingerprint density at radius 1 is 1.26 bits per heavy atom. The van der Waals surface area contributed by atoms with Gasteiger partial charge in [0.2, 0.25) is 0 Å². The number of ether oxygens (including phenoxy) is 1. The fraction of sp³-hybridized carbons (Fsp3) is 0.333. The van der Waals surface area contributed by atoms with Crippen LogP contribution in [0.15, 0.2) is 28.7 Å². The molecule has 0 radical (unpaired) electrons. The Morgan fingerprint density at radius 2 is 2.05 bits per heavy atom. The van der Waals surface area contributed by atoms with Crippen molar-refractivity contribution >= 4 is 0 Å². The lowest BCUT2D eigenvalue weighted by molar-refractivity contribution is 0.300. The normalized spacial score (nSPS) is 10.7. The largest absolute Gasteiger partial charge is 0.489 e. The van der Waals surface area contributed by atoms with Crippen LogP contribution in [0, 0.1) is 19.7 Å². The predicted octanol–water partition coefficient (Wildman–Crippen LogP) is 3.33. The Balaban J connectivity index is 2.05. The lowest BCUT2D eigenvalue weighted by Crippen LogP contribution is -2.03. The molecule has 19 heavy (non-hydrogen) atoms. The molecule has 1 aromatic carbocycles. The fourth-order valence-corrected chi connectivity index (χ4v) is 1.92. The van der Waals surface area contributed by atoms with Crippen molar-refractivity contribution in [3.8, 4) is 5.75 Å². The zero-order valence-electron chi connectivity index (χ0n) is 11.4. The average Bonchev–Trinajstić information content (AvgIpc) is 2.69. The molecule has 1 aromatic heterocycles. The van der Waals surface area contributed by atoms with E-state index in [1.54, 1.807) is 6.07 Å². The van der Waals surface area contributed by atoms with E-state index in [-0.39, 0.29) is 5.82 Å². The van der Waals surface area contributed by atoms with E-state index in [1.165, 1.54) is 12.1 Å². The van der Waals surface area contributed by atoms with Crippen molar-refractivity contribution in [3.63, 3.8) is 0 Å². The molecule has 0 atom stereocenters. The monoisotopic (exact) mass is 263 g/mol. The van der Waals surface area contributed by atoms with Gasteiger partial charge in [0.1, 0.15) is 29.7 Å². The first-order valence-electron chi connectivity index (χ1n) is 6.22. The quantitative estimate of drug-likeness (QED) is 0.898. The second-order valence-corrected chi connectivity index (χ2v) is 4.52. The summed E-state index contributed by atoms with van der Waals surface area (Å²) in [6.07, 6.45) is 0. The molecule has 2 rings (SSSR count). The van der Waals surface area contributed by atoms with E-state index < -0.39 is 0 Å². The van der Waals surface area contributed by atoms with Crippen molar-refractivity contribution in [1.82, 2.24) is 5.32 Å². The minimum absolute atomic E-state index is 0.249. The molecule has 0 unspecified atom stereocenters. The van der Waals surface area contributed by atoms with Crippen molar-refractivity contribution in [1.29, 1.82) is 0 Å². The van der Waals surface area contributed by atoms with Gasteiger partial charge in [-0.15, -0.1) is 0 Å². The maximum atomic E-state index is 13.0. The van der Waals surface area contributed by atoms with Gasteiger partial charge in [-0.2, -0.15) is 0 Å². The highest BCUT2D eigenvalue weighted by molar-refractivity contribution is 5.33. The number of hydrogen-bond donors (Lipinski definition) is 1. The number of halogens is 1. The van der Waals surface area contributed by atoms with Crippen LogP contribution in [0.3, 0.4) is 0 Å². The highest BCUT2D eigenvalue weighted by Gasteiger charge is 2.08. The molecule has 0 aliphatic carbocycles. The van der Waals surface area contributed by atoms with Crippen LogP contribution in [-0.4, -0.2) is 7.05 Å². The molecule has 0 spiro atoms. The van der Waals surface area contributed by atoms with Gasteiger partial charge >= 0.3 is 0 Å². The molecule has 1 heterocycles. The van der Waals surface area contributed by atoms with E-state index >= 15 is 0 Å². The van der Waals surface area contributed by atoms with Crippen LogP contribution in [0.1, 0.15) is 22.6 Å². The maximum absolute atomic E-state index is 13.0. The van der Waals surface area contributed by atoms with Crippen LogP contribution in [0.5, 0.6) is 5.75 Å². The number of aryl methyl sites for hydroxylation is 2. The summed E-state index contributed by atoms with van der Waals surface area (Å²) >= 11 is 0. The van der Waals surface area contributed by atoms with Gasteiger partial charge in [0.25, 0.3) is 0 Å². The Kier molecular flexibility index (Phi) is 4.22. The molecule has 0 fully saturated rings. The molecule has 1 N–H and O–H groups in total. The summed E-state index contributed by atoms with van der Waals surface area (Å²) in [4.78, 5) is 0. The first kappa shape index (κ1) is 13.6. The first-order chi connectivity index (χ1) is 9.10. The van der Waals surface area contributed by atoms with Crippen LogP contribution >= 0.6 is 0 Å². The Hall–Kier alpha value is -1.81. The molecule has 0 saturated heterocycles. The fourth-order valence-electron chi connectivity index (χ4n) is 1.92. The SMILES string of the molecule is CNCc1cc(COc2ccc(F)cc2C)c(C)o1. The summed E-state index contributed by atoms with van der Waals surface area (Å²) < 4.78 is 24.3. The zero-order chi connectivity index (χ0) is 13.8. The Morgan fingerprint density at radius 3 is 2.74 bits per heavy atom. The van der Waals surface area contributed by atoms with Crippen LogP contribution in [0.2, 0.25) is 0 Å². The molecule has 2 aromatic rings. The Labute approximate surface area is 112 Å². The van der Waals surface area contributed by atoms with Gasteiger partial charge in [0.05, 0.1) is 6.54 Å². The summed E-state index contributed by atoms with van der Waals surface area (Å²) in [6.45, 7) is 4.85. The number of furan rings is 1. The van der Waals surface area contributed by atoms with E-state index in [0.29, 0.717) is 18.9 Å². The first-order valence-corrected chi connectivity index (χ1v) is 6.22. The smallest absolute Gasteiger partial charge is 0.123 e. The van der Waals surface area contributed by atoms with Crippen molar-refractivity contribution in [3.05, 3.63) is 52.7 Å². The molecular formula is C15H18FNO2. The number of benzene rings is 1. The van der Waals surface area contributed by atoms with E-state index in [4.69, 9.17) is 9.15 Å². The van der Waals surface area contributed by atoms with Crippen molar-refractivity contribution in [2.24, 2.45) is 0 Å².